The van der Waals surface area contributed by atoms with Crippen molar-refractivity contribution >= 4 is 22.6 Å². The summed E-state index contributed by atoms with van der Waals surface area (Å²) in [7, 11) is 1.59. The third kappa shape index (κ3) is 3.57. The van der Waals surface area contributed by atoms with Crippen LogP contribution in [0.3, 0.4) is 0 Å². The molecule has 6 heteroatoms. The number of amides is 1. The maximum atomic E-state index is 12.4. The number of nitrogens with zero attached hydrogens (tertiary/aromatic N) is 3. The van der Waals surface area contributed by atoms with Crippen LogP contribution in [0.1, 0.15) is 22.8 Å². The highest BCUT2D eigenvalue weighted by molar-refractivity contribution is 6.05. The molecule has 1 aromatic heterocycles. The standard InChI is InChI=1S/C22H20N4O2/c1-3-15-4-9-18(10-5-15)26-24-20-13-8-17(14-21(20)25-26)23-22(27)16-6-11-19(28-2)12-7-16/h4-14H,3H2,1-2H3,(H,23,27). The Labute approximate surface area is 162 Å². The van der Waals surface area contributed by atoms with E-state index >= 15 is 0 Å². The summed E-state index contributed by atoms with van der Waals surface area (Å²) in [6.45, 7) is 2.12. The lowest BCUT2D eigenvalue weighted by atomic mass is 10.2. The molecule has 4 rings (SSSR count). The lowest BCUT2D eigenvalue weighted by Crippen LogP contribution is -2.11. The van der Waals surface area contributed by atoms with Crippen LogP contribution in [-0.4, -0.2) is 28.0 Å². The molecule has 0 saturated carbocycles. The predicted molar refractivity (Wildman–Crippen MR) is 109 cm³/mol. The molecule has 4 aromatic rings. The van der Waals surface area contributed by atoms with Gasteiger partial charge in [-0.15, -0.1) is 10.2 Å². The quantitative estimate of drug-likeness (QED) is 0.569. The third-order valence-electron chi connectivity index (χ3n) is 4.57. The molecule has 0 aliphatic rings. The highest BCUT2D eigenvalue weighted by atomic mass is 16.5. The largest absolute Gasteiger partial charge is 0.497 e. The Morgan fingerprint density at radius 3 is 2.36 bits per heavy atom. The number of carbonyl (C=O) groups excluding carboxylic acids is 1. The Hall–Kier alpha value is -3.67. The van der Waals surface area contributed by atoms with Crippen LogP contribution in [0.25, 0.3) is 16.7 Å². The van der Waals surface area contributed by atoms with Crippen molar-refractivity contribution < 1.29 is 9.53 Å². The van der Waals surface area contributed by atoms with Gasteiger partial charge in [0.1, 0.15) is 16.8 Å². The molecule has 0 radical (unpaired) electrons. The number of aryl methyl sites for hydroxylation is 1. The first-order valence-electron chi connectivity index (χ1n) is 9.08. The van der Waals surface area contributed by atoms with Crippen molar-refractivity contribution in [2.45, 2.75) is 13.3 Å². The fourth-order valence-electron chi connectivity index (χ4n) is 2.92. The van der Waals surface area contributed by atoms with Gasteiger partial charge in [0.05, 0.1) is 12.8 Å². The Morgan fingerprint density at radius 2 is 1.68 bits per heavy atom. The van der Waals surface area contributed by atoms with Crippen LogP contribution < -0.4 is 10.1 Å². The summed E-state index contributed by atoms with van der Waals surface area (Å²) < 4.78 is 5.12. The zero-order valence-electron chi connectivity index (χ0n) is 15.7. The zero-order valence-corrected chi connectivity index (χ0v) is 15.7. The summed E-state index contributed by atoms with van der Waals surface area (Å²) in [4.78, 5) is 14.1. The highest BCUT2D eigenvalue weighted by Crippen LogP contribution is 2.19. The number of anilines is 1. The Kier molecular flexibility index (Phi) is 4.76. The number of aromatic nitrogens is 3. The van der Waals surface area contributed by atoms with Crippen LogP contribution in [0.4, 0.5) is 5.69 Å². The molecule has 140 valence electrons. The molecule has 0 saturated heterocycles. The molecule has 0 aliphatic carbocycles. The Balaban J connectivity index is 1.56. The van der Waals surface area contributed by atoms with Crippen LogP contribution in [0.2, 0.25) is 0 Å². The Morgan fingerprint density at radius 1 is 0.964 bits per heavy atom. The van der Waals surface area contributed by atoms with Crippen LogP contribution in [0, 0.1) is 0 Å². The molecule has 0 unspecified atom stereocenters. The number of hydrogen-bond acceptors (Lipinski definition) is 4. The molecule has 0 aliphatic heterocycles. The first-order chi connectivity index (χ1) is 13.7. The molecule has 0 fully saturated rings. The first-order valence-corrected chi connectivity index (χ1v) is 9.08. The molecule has 0 atom stereocenters. The first kappa shape index (κ1) is 17.7. The van der Waals surface area contributed by atoms with Crippen molar-refractivity contribution in [2.75, 3.05) is 12.4 Å². The molecule has 1 heterocycles. The number of nitrogens with one attached hydrogen (secondary N) is 1. The van der Waals surface area contributed by atoms with Gasteiger partial charge in [-0.3, -0.25) is 4.79 Å². The van der Waals surface area contributed by atoms with Gasteiger partial charge in [-0.25, -0.2) is 0 Å². The SMILES string of the molecule is CCc1ccc(-n2nc3ccc(NC(=O)c4ccc(OC)cc4)cc3n2)cc1. The van der Waals surface area contributed by atoms with Gasteiger partial charge in [-0.1, -0.05) is 19.1 Å². The monoisotopic (exact) mass is 372 g/mol. The van der Waals surface area contributed by atoms with E-state index in [4.69, 9.17) is 4.74 Å². The van der Waals surface area contributed by atoms with Gasteiger partial charge in [0, 0.05) is 11.3 Å². The van der Waals surface area contributed by atoms with Crippen molar-refractivity contribution in [2.24, 2.45) is 0 Å². The van der Waals surface area contributed by atoms with Crippen molar-refractivity contribution in [1.82, 2.24) is 15.0 Å². The number of benzene rings is 3. The molecule has 0 spiro atoms. The predicted octanol–water partition coefficient (Wildman–Crippen LogP) is 4.24. The van der Waals surface area contributed by atoms with Gasteiger partial charge in [-0.2, -0.15) is 4.80 Å². The fourth-order valence-corrected chi connectivity index (χ4v) is 2.92. The summed E-state index contributed by atoms with van der Waals surface area (Å²) in [5.41, 5.74) is 4.87. The van der Waals surface area contributed by atoms with Crippen LogP contribution in [0.5, 0.6) is 5.75 Å². The lowest BCUT2D eigenvalue weighted by molar-refractivity contribution is 0.102. The minimum absolute atomic E-state index is 0.190. The molecule has 3 aromatic carbocycles. The molecule has 28 heavy (non-hydrogen) atoms. The second-order valence-electron chi connectivity index (χ2n) is 6.40. The molecule has 1 N–H and O–H groups in total. The van der Waals surface area contributed by atoms with Crippen molar-refractivity contribution in [3.63, 3.8) is 0 Å². The average molecular weight is 372 g/mol. The minimum atomic E-state index is -0.190. The number of methoxy groups -OCH3 is 1. The van der Waals surface area contributed by atoms with Crippen molar-refractivity contribution in [3.05, 3.63) is 77.9 Å². The summed E-state index contributed by atoms with van der Waals surface area (Å²) in [5, 5.41) is 11.9. The van der Waals surface area contributed by atoms with E-state index in [1.165, 1.54) is 5.56 Å². The van der Waals surface area contributed by atoms with Crippen LogP contribution in [-0.2, 0) is 6.42 Å². The van der Waals surface area contributed by atoms with E-state index in [0.29, 0.717) is 22.5 Å². The highest BCUT2D eigenvalue weighted by Gasteiger charge is 2.09. The van der Waals surface area contributed by atoms with E-state index in [9.17, 15) is 4.79 Å². The number of ether oxygens (including phenoxy) is 1. The molecular weight excluding hydrogens is 352 g/mol. The van der Waals surface area contributed by atoms with E-state index in [-0.39, 0.29) is 5.91 Å². The van der Waals surface area contributed by atoms with Gasteiger partial charge >= 0.3 is 0 Å². The van der Waals surface area contributed by atoms with Gasteiger partial charge in [0.25, 0.3) is 5.91 Å². The lowest BCUT2D eigenvalue weighted by Gasteiger charge is -2.06. The summed E-state index contributed by atoms with van der Waals surface area (Å²) in [6, 6.07) is 20.6. The number of hydrogen-bond donors (Lipinski definition) is 1. The summed E-state index contributed by atoms with van der Waals surface area (Å²) >= 11 is 0. The van der Waals surface area contributed by atoms with Crippen LogP contribution >= 0.6 is 0 Å². The Bertz CT molecular complexity index is 1120. The second-order valence-corrected chi connectivity index (χ2v) is 6.40. The summed E-state index contributed by atoms with van der Waals surface area (Å²) in [5.74, 6) is 0.520. The van der Waals surface area contributed by atoms with E-state index in [1.54, 1.807) is 36.2 Å². The van der Waals surface area contributed by atoms with Gasteiger partial charge in [-0.05, 0) is 66.6 Å². The fraction of sp³-hybridized carbons (Fsp3) is 0.136. The van der Waals surface area contributed by atoms with Gasteiger partial charge in [0.15, 0.2) is 0 Å². The van der Waals surface area contributed by atoms with Crippen molar-refractivity contribution in [3.8, 4) is 11.4 Å². The van der Waals surface area contributed by atoms with Gasteiger partial charge < -0.3 is 10.1 Å². The molecule has 0 bridgehead atoms. The van der Waals surface area contributed by atoms with E-state index in [0.717, 1.165) is 17.6 Å². The van der Waals surface area contributed by atoms with Crippen molar-refractivity contribution in [1.29, 1.82) is 0 Å². The molecule has 1 amide bonds. The average Bonchev–Trinajstić information content (AvgIpc) is 3.17. The second kappa shape index (κ2) is 7.52. The summed E-state index contributed by atoms with van der Waals surface area (Å²) in [6.07, 6.45) is 0.992. The number of rotatable bonds is 5. The maximum Gasteiger partial charge on any atom is 0.255 e. The zero-order chi connectivity index (χ0) is 19.5. The number of fused-ring (bicyclic) bond motifs is 1. The molecule has 6 nitrogen and oxygen atoms in total. The van der Waals surface area contributed by atoms with Crippen LogP contribution in [0.15, 0.2) is 66.7 Å². The van der Waals surface area contributed by atoms with E-state index in [2.05, 4.69) is 34.6 Å². The third-order valence-corrected chi connectivity index (χ3v) is 4.57. The smallest absolute Gasteiger partial charge is 0.255 e. The minimum Gasteiger partial charge on any atom is -0.497 e. The molecular formula is C22H20N4O2. The normalized spacial score (nSPS) is 10.8. The number of carbonyl (C=O) groups is 1. The van der Waals surface area contributed by atoms with E-state index in [1.807, 2.05) is 30.3 Å². The maximum absolute atomic E-state index is 12.4. The van der Waals surface area contributed by atoms with E-state index < -0.39 is 0 Å². The topological polar surface area (TPSA) is 69.0 Å². The van der Waals surface area contributed by atoms with Gasteiger partial charge in [0.2, 0.25) is 0 Å².